The van der Waals surface area contributed by atoms with Crippen LogP contribution < -0.4 is 9.62 Å². The molecule has 242 valence electrons. The summed E-state index contributed by atoms with van der Waals surface area (Å²) in [5, 5.41) is 3.65. The Bertz CT molecular complexity index is 1800. The second kappa shape index (κ2) is 15.1. The molecule has 4 aromatic carbocycles. The van der Waals surface area contributed by atoms with Crippen molar-refractivity contribution in [2.45, 2.75) is 50.2 Å². The molecule has 4 rings (SSSR count). The standard InChI is InChI=1S/C34H33Cl4N3O4S/c1-34(2,3)39-33(43)30(20-23-11-6-4-7-12-23)40(21-24-17-18-26(35)28(37)19-24)31(42)22-41(29-16-10-15-27(36)32(29)38)46(44,45)25-13-8-5-9-14-25/h4-19,30H,20-22H2,1-3H3,(H,39,43). The highest BCUT2D eigenvalue weighted by Gasteiger charge is 2.36. The number of hydrogen-bond donors (Lipinski definition) is 1. The van der Waals surface area contributed by atoms with Gasteiger partial charge in [-0.3, -0.25) is 13.9 Å². The smallest absolute Gasteiger partial charge is 0.264 e. The first-order valence-electron chi connectivity index (χ1n) is 14.3. The van der Waals surface area contributed by atoms with Gasteiger partial charge in [0.2, 0.25) is 11.8 Å². The van der Waals surface area contributed by atoms with E-state index in [9.17, 15) is 18.0 Å². The molecule has 12 heteroatoms. The zero-order valence-corrected chi connectivity index (χ0v) is 29.2. The molecule has 0 fully saturated rings. The van der Waals surface area contributed by atoms with Crippen LogP contribution >= 0.6 is 46.4 Å². The van der Waals surface area contributed by atoms with E-state index in [4.69, 9.17) is 46.4 Å². The maximum absolute atomic E-state index is 14.6. The van der Waals surface area contributed by atoms with Gasteiger partial charge < -0.3 is 10.2 Å². The molecule has 0 spiro atoms. The Morgan fingerprint density at radius 3 is 2.00 bits per heavy atom. The molecule has 1 unspecified atom stereocenters. The molecule has 1 atom stereocenters. The molecular formula is C34H33Cl4N3O4S. The van der Waals surface area contributed by atoms with Crippen molar-refractivity contribution < 1.29 is 18.0 Å². The van der Waals surface area contributed by atoms with Gasteiger partial charge in [-0.05, 0) is 68.3 Å². The van der Waals surface area contributed by atoms with Crippen LogP contribution in [0, 0.1) is 0 Å². The summed E-state index contributed by atoms with van der Waals surface area (Å²) in [6, 6.07) is 25.3. The van der Waals surface area contributed by atoms with Crippen LogP contribution in [0.15, 0.2) is 102 Å². The Morgan fingerprint density at radius 2 is 1.39 bits per heavy atom. The van der Waals surface area contributed by atoms with E-state index in [0.29, 0.717) is 10.6 Å². The third-order valence-corrected chi connectivity index (χ3v) is 10.2. The van der Waals surface area contributed by atoms with Gasteiger partial charge in [-0.2, -0.15) is 0 Å². The highest BCUT2D eigenvalue weighted by atomic mass is 35.5. The number of amides is 2. The second-order valence-electron chi connectivity index (χ2n) is 11.6. The maximum Gasteiger partial charge on any atom is 0.264 e. The molecule has 46 heavy (non-hydrogen) atoms. The van der Waals surface area contributed by atoms with E-state index < -0.39 is 40.0 Å². The highest BCUT2D eigenvalue weighted by Crippen LogP contribution is 2.36. The van der Waals surface area contributed by atoms with Crippen molar-refractivity contribution in [1.29, 1.82) is 0 Å². The zero-order valence-electron chi connectivity index (χ0n) is 25.4. The topological polar surface area (TPSA) is 86.8 Å². The Morgan fingerprint density at radius 1 is 0.761 bits per heavy atom. The molecule has 0 radical (unpaired) electrons. The van der Waals surface area contributed by atoms with Gasteiger partial charge in [-0.15, -0.1) is 0 Å². The van der Waals surface area contributed by atoms with E-state index in [1.807, 2.05) is 51.1 Å². The van der Waals surface area contributed by atoms with Crippen molar-refractivity contribution in [3.8, 4) is 0 Å². The number of carbonyl (C=O) groups is 2. The van der Waals surface area contributed by atoms with E-state index in [2.05, 4.69) is 5.32 Å². The van der Waals surface area contributed by atoms with Crippen LogP contribution in [0.5, 0.6) is 0 Å². The molecule has 2 amide bonds. The first kappa shape index (κ1) is 35.6. The van der Waals surface area contributed by atoms with E-state index in [-0.39, 0.29) is 38.6 Å². The van der Waals surface area contributed by atoms with Crippen molar-refractivity contribution >= 4 is 73.9 Å². The Labute approximate surface area is 290 Å². The number of nitrogens with one attached hydrogen (secondary N) is 1. The number of nitrogens with zero attached hydrogens (tertiary/aromatic N) is 2. The van der Waals surface area contributed by atoms with E-state index in [1.54, 1.807) is 42.5 Å². The van der Waals surface area contributed by atoms with Crippen molar-refractivity contribution in [1.82, 2.24) is 10.2 Å². The molecule has 0 aliphatic carbocycles. The lowest BCUT2D eigenvalue weighted by Crippen LogP contribution is -2.56. The summed E-state index contributed by atoms with van der Waals surface area (Å²) in [4.78, 5) is 29.8. The summed E-state index contributed by atoms with van der Waals surface area (Å²) in [6.45, 7) is 4.75. The normalized spacial score (nSPS) is 12.3. The fourth-order valence-corrected chi connectivity index (χ4v) is 6.97. The van der Waals surface area contributed by atoms with Crippen LogP contribution in [0.2, 0.25) is 20.1 Å². The molecule has 0 saturated heterocycles. The Hall–Kier alpha value is -3.27. The van der Waals surface area contributed by atoms with Crippen molar-refractivity contribution in [3.63, 3.8) is 0 Å². The molecule has 0 aliphatic heterocycles. The lowest BCUT2D eigenvalue weighted by Gasteiger charge is -2.35. The highest BCUT2D eigenvalue weighted by molar-refractivity contribution is 7.92. The zero-order chi connectivity index (χ0) is 33.6. The van der Waals surface area contributed by atoms with Gasteiger partial charge in [0, 0.05) is 18.5 Å². The maximum atomic E-state index is 14.6. The van der Waals surface area contributed by atoms with Gasteiger partial charge in [0.15, 0.2) is 0 Å². The predicted molar refractivity (Wildman–Crippen MR) is 186 cm³/mol. The largest absolute Gasteiger partial charge is 0.350 e. The average molecular weight is 722 g/mol. The first-order chi connectivity index (χ1) is 21.7. The number of anilines is 1. The van der Waals surface area contributed by atoms with Crippen LogP contribution in [0.25, 0.3) is 0 Å². The minimum absolute atomic E-state index is 0.0135. The summed E-state index contributed by atoms with van der Waals surface area (Å²) >= 11 is 25.4. The SMILES string of the molecule is CC(C)(C)NC(=O)C(Cc1ccccc1)N(Cc1ccc(Cl)c(Cl)c1)C(=O)CN(c1cccc(Cl)c1Cl)S(=O)(=O)c1ccccc1. The molecule has 7 nitrogen and oxygen atoms in total. The predicted octanol–water partition coefficient (Wildman–Crippen LogP) is 8.05. The van der Waals surface area contributed by atoms with Gasteiger partial charge >= 0.3 is 0 Å². The number of halogens is 4. The molecule has 0 saturated carbocycles. The fraction of sp³-hybridized carbons (Fsp3) is 0.235. The van der Waals surface area contributed by atoms with E-state index in [0.717, 1.165) is 9.87 Å². The van der Waals surface area contributed by atoms with Gasteiger partial charge in [-0.1, -0.05) is 107 Å². The third-order valence-electron chi connectivity index (χ3n) is 6.92. The third kappa shape index (κ3) is 8.96. The van der Waals surface area contributed by atoms with Crippen LogP contribution in [0.3, 0.4) is 0 Å². The molecular weight excluding hydrogens is 688 g/mol. The van der Waals surface area contributed by atoms with E-state index in [1.165, 1.54) is 29.2 Å². The molecule has 0 bridgehead atoms. The van der Waals surface area contributed by atoms with Crippen molar-refractivity contribution in [2.75, 3.05) is 10.8 Å². The molecule has 0 heterocycles. The summed E-state index contributed by atoms with van der Waals surface area (Å²) in [5.41, 5.74) is 0.777. The summed E-state index contributed by atoms with van der Waals surface area (Å²) in [7, 11) is -4.34. The molecule has 1 N–H and O–H groups in total. The number of rotatable bonds is 11. The van der Waals surface area contributed by atoms with Gasteiger partial charge in [-0.25, -0.2) is 8.42 Å². The molecule has 0 aliphatic rings. The fourth-order valence-electron chi connectivity index (χ4n) is 4.76. The summed E-state index contributed by atoms with van der Waals surface area (Å²) in [6.07, 6.45) is 0.152. The quantitative estimate of drug-likeness (QED) is 0.170. The number of carbonyl (C=O) groups excluding carboxylic acids is 2. The number of benzene rings is 4. The van der Waals surface area contributed by atoms with Crippen molar-refractivity contribution in [2.24, 2.45) is 0 Å². The Kier molecular flexibility index (Phi) is 11.7. The molecule has 4 aromatic rings. The van der Waals surface area contributed by atoms with E-state index >= 15 is 0 Å². The van der Waals surface area contributed by atoms with Crippen LogP contribution in [0.4, 0.5) is 5.69 Å². The summed E-state index contributed by atoms with van der Waals surface area (Å²) < 4.78 is 29.2. The second-order valence-corrected chi connectivity index (χ2v) is 15.1. The van der Waals surface area contributed by atoms with Gasteiger partial charge in [0.25, 0.3) is 10.0 Å². The van der Waals surface area contributed by atoms with Gasteiger partial charge in [0.1, 0.15) is 12.6 Å². The molecule has 0 aromatic heterocycles. The summed E-state index contributed by atoms with van der Waals surface area (Å²) in [5.74, 6) is -1.07. The van der Waals surface area contributed by atoms with Crippen LogP contribution in [-0.4, -0.2) is 43.3 Å². The minimum Gasteiger partial charge on any atom is -0.350 e. The van der Waals surface area contributed by atoms with Gasteiger partial charge in [0.05, 0.1) is 30.7 Å². The number of sulfonamides is 1. The first-order valence-corrected chi connectivity index (χ1v) is 17.2. The van der Waals surface area contributed by atoms with Crippen molar-refractivity contribution in [3.05, 3.63) is 128 Å². The lowest BCUT2D eigenvalue weighted by atomic mass is 10.0. The number of hydrogen-bond acceptors (Lipinski definition) is 4. The Balaban J connectivity index is 1.86. The average Bonchev–Trinajstić information content (AvgIpc) is 3.01. The minimum atomic E-state index is -4.34. The monoisotopic (exact) mass is 719 g/mol. The van der Waals surface area contributed by atoms with Crippen LogP contribution in [-0.2, 0) is 32.6 Å². The lowest BCUT2D eigenvalue weighted by molar-refractivity contribution is -0.140. The van der Waals surface area contributed by atoms with Crippen LogP contribution in [0.1, 0.15) is 31.9 Å².